The third kappa shape index (κ3) is 2.19. The molecule has 6 nitrogen and oxygen atoms in total. The quantitative estimate of drug-likeness (QED) is 0.857. The average molecular weight is 245 g/mol. The second kappa shape index (κ2) is 4.73. The van der Waals surface area contributed by atoms with Crippen molar-refractivity contribution in [3.05, 3.63) is 36.2 Å². The zero-order chi connectivity index (χ0) is 12.4. The van der Waals surface area contributed by atoms with E-state index in [0.717, 1.165) is 30.6 Å². The highest BCUT2D eigenvalue weighted by Gasteiger charge is 2.25. The molecule has 2 aromatic heterocycles. The first-order valence-electron chi connectivity index (χ1n) is 5.98. The van der Waals surface area contributed by atoms with Crippen LogP contribution in [0, 0.1) is 6.92 Å². The Balaban J connectivity index is 1.76. The molecule has 1 aliphatic heterocycles. The van der Waals surface area contributed by atoms with E-state index in [-0.39, 0.29) is 6.10 Å². The summed E-state index contributed by atoms with van der Waals surface area (Å²) in [6.45, 7) is 4.16. The smallest absolute Gasteiger partial charge is 0.225 e. The molecule has 2 aromatic rings. The number of aromatic amines is 1. The number of hydrogen-bond donors (Lipinski definition) is 1. The van der Waals surface area contributed by atoms with E-state index in [1.165, 1.54) is 0 Å². The molecule has 1 N–H and O–H groups in total. The molecule has 0 saturated carbocycles. The molecule has 0 unspecified atom stereocenters. The molecule has 6 heteroatoms. The van der Waals surface area contributed by atoms with E-state index in [1.807, 2.05) is 19.2 Å². The van der Waals surface area contributed by atoms with E-state index in [2.05, 4.69) is 24.8 Å². The minimum Gasteiger partial charge on any atom is -0.367 e. The van der Waals surface area contributed by atoms with E-state index in [0.29, 0.717) is 6.61 Å². The van der Waals surface area contributed by atoms with Crippen LogP contribution in [0.2, 0.25) is 0 Å². The predicted molar refractivity (Wildman–Crippen MR) is 66.3 cm³/mol. The molecule has 0 aromatic carbocycles. The van der Waals surface area contributed by atoms with Gasteiger partial charge in [0.05, 0.1) is 13.2 Å². The third-order valence-electron chi connectivity index (χ3n) is 2.93. The topological polar surface area (TPSA) is 66.9 Å². The number of ether oxygens (including phenoxy) is 1. The van der Waals surface area contributed by atoms with Crippen molar-refractivity contribution in [3.63, 3.8) is 0 Å². The van der Waals surface area contributed by atoms with E-state index in [4.69, 9.17) is 4.74 Å². The van der Waals surface area contributed by atoms with Gasteiger partial charge in [0.25, 0.3) is 0 Å². The van der Waals surface area contributed by atoms with Crippen LogP contribution in [-0.2, 0) is 4.74 Å². The molecule has 0 bridgehead atoms. The molecular weight excluding hydrogens is 230 g/mol. The molecule has 3 rings (SSSR count). The second-order valence-electron chi connectivity index (χ2n) is 4.31. The number of rotatable bonds is 2. The highest BCUT2D eigenvalue weighted by molar-refractivity contribution is 5.29. The van der Waals surface area contributed by atoms with Crippen LogP contribution in [0.25, 0.3) is 0 Å². The largest absolute Gasteiger partial charge is 0.367 e. The van der Waals surface area contributed by atoms with Crippen molar-refractivity contribution in [2.75, 3.05) is 24.6 Å². The van der Waals surface area contributed by atoms with Crippen LogP contribution in [0.15, 0.2) is 24.7 Å². The van der Waals surface area contributed by atoms with Crippen molar-refractivity contribution in [2.45, 2.75) is 13.0 Å². The lowest BCUT2D eigenvalue weighted by atomic mass is 10.2. The van der Waals surface area contributed by atoms with Crippen LogP contribution in [-0.4, -0.2) is 39.6 Å². The van der Waals surface area contributed by atoms with Gasteiger partial charge in [-0.15, -0.1) is 0 Å². The molecule has 1 fully saturated rings. The third-order valence-corrected chi connectivity index (χ3v) is 2.93. The van der Waals surface area contributed by atoms with E-state index in [9.17, 15) is 0 Å². The predicted octanol–water partition coefficient (Wildman–Crippen LogP) is 1.09. The maximum atomic E-state index is 5.74. The first-order valence-corrected chi connectivity index (χ1v) is 5.98. The van der Waals surface area contributed by atoms with Gasteiger partial charge in [0.15, 0.2) is 0 Å². The first-order chi connectivity index (χ1) is 8.83. The number of aryl methyl sites for hydroxylation is 1. The molecule has 1 saturated heterocycles. The number of imidazole rings is 1. The minimum atomic E-state index is -0.0451. The van der Waals surface area contributed by atoms with Gasteiger partial charge in [0.1, 0.15) is 11.9 Å². The van der Waals surface area contributed by atoms with Gasteiger partial charge in [0.2, 0.25) is 5.95 Å². The summed E-state index contributed by atoms with van der Waals surface area (Å²) >= 11 is 0. The summed E-state index contributed by atoms with van der Waals surface area (Å²) in [4.78, 5) is 18.2. The summed E-state index contributed by atoms with van der Waals surface area (Å²) in [5.41, 5.74) is 1.04. The lowest BCUT2D eigenvalue weighted by molar-refractivity contribution is 0.0340. The van der Waals surface area contributed by atoms with Crippen LogP contribution in [0.5, 0.6) is 0 Å². The Morgan fingerprint density at radius 2 is 2.17 bits per heavy atom. The van der Waals surface area contributed by atoms with Gasteiger partial charge in [-0.05, 0) is 13.0 Å². The highest BCUT2D eigenvalue weighted by Crippen LogP contribution is 2.21. The van der Waals surface area contributed by atoms with E-state index < -0.39 is 0 Å². The molecular formula is C12H15N5O. The number of anilines is 1. The van der Waals surface area contributed by atoms with Gasteiger partial charge in [-0.25, -0.2) is 15.0 Å². The van der Waals surface area contributed by atoms with E-state index in [1.54, 1.807) is 12.4 Å². The van der Waals surface area contributed by atoms with Crippen molar-refractivity contribution in [1.82, 2.24) is 19.9 Å². The molecule has 0 aliphatic carbocycles. The Morgan fingerprint density at radius 3 is 2.89 bits per heavy atom. The number of H-pyrrole nitrogens is 1. The molecule has 3 heterocycles. The monoisotopic (exact) mass is 245 g/mol. The summed E-state index contributed by atoms with van der Waals surface area (Å²) in [5, 5.41) is 0. The standard InChI is InChI=1S/C12H15N5O/c1-9-7-15-11(16-9)10-8-17(5-6-18-10)12-13-3-2-4-14-12/h2-4,7,10H,5-6,8H2,1H3,(H,15,16)/t10-/m0/s1. The second-order valence-corrected chi connectivity index (χ2v) is 4.31. The normalized spacial score (nSPS) is 20.1. The number of hydrogen-bond acceptors (Lipinski definition) is 5. The zero-order valence-corrected chi connectivity index (χ0v) is 10.2. The van der Waals surface area contributed by atoms with Crippen LogP contribution in [0.3, 0.4) is 0 Å². The van der Waals surface area contributed by atoms with Gasteiger partial charge in [0, 0.05) is 30.8 Å². The SMILES string of the molecule is Cc1cnc([C@@H]2CN(c3ncccn3)CCO2)[nH]1. The van der Waals surface area contributed by atoms with Gasteiger partial charge in [-0.1, -0.05) is 0 Å². The molecule has 1 atom stereocenters. The molecule has 18 heavy (non-hydrogen) atoms. The Bertz CT molecular complexity index is 512. The summed E-state index contributed by atoms with van der Waals surface area (Å²) in [5.74, 6) is 1.61. The van der Waals surface area contributed by atoms with E-state index >= 15 is 0 Å². The zero-order valence-electron chi connectivity index (χ0n) is 10.2. The maximum Gasteiger partial charge on any atom is 0.225 e. The number of aromatic nitrogens is 4. The molecule has 0 spiro atoms. The summed E-state index contributed by atoms with van der Waals surface area (Å²) in [7, 11) is 0. The minimum absolute atomic E-state index is 0.0451. The molecule has 0 radical (unpaired) electrons. The van der Waals surface area contributed by atoms with Crippen LogP contribution in [0.1, 0.15) is 17.6 Å². The van der Waals surface area contributed by atoms with Crippen LogP contribution >= 0.6 is 0 Å². The lowest BCUT2D eigenvalue weighted by Gasteiger charge is -2.31. The Labute approximate surface area is 105 Å². The fraction of sp³-hybridized carbons (Fsp3) is 0.417. The Kier molecular flexibility index (Phi) is 2.93. The summed E-state index contributed by atoms with van der Waals surface area (Å²) < 4.78 is 5.74. The van der Waals surface area contributed by atoms with Crippen LogP contribution < -0.4 is 4.90 Å². The number of morpholine rings is 1. The van der Waals surface area contributed by atoms with Crippen molar-refractivity contribution >= 4 is 5.95 Å². The van der Waals surface area contributed by atoms with Gasteiger partial charge >= 0.3 is 0 Å². The average Bonchev–Trinajstić information content (AvgIpc) is 2.87. The van der Waals surface area contributed by atoms with Crippen LogP contribution in [0.4, 0.5) is 5.95 Å². The fourth-order valence-corrected chi connectivity index (χ4v) is 2.05. The highest BCUT2D eigenvalue weighted by atomic mass is 16.5. The first kappa shape index (κ1) is 11.2. The molecule has 0 amide bonds. The Hall–Kier alpha value is -1.95. The summed E-state index contributed by atoms with van der Waals surface area (Å²) in [6.07, 6.45) is 5.28. The van der Waals surface area contributed by atoms with Gasteiger partial charge in [-0.2, -0.15) is 0 Å². The maximum absolute atomic E-state index is 5.74. The lowest BCUT2D eigenvalue weighted by Crippen LogP contribution is -2.39. The molecule has 1 aliphatic rings. The van der Waals surface area contributed by atoms with Gasteiger partial charge in [-0.3, -0.25) is 0 Å². The van der Waals surface area contributed by atoms with Crippen molar-refractivity contribution in [2.24, 2.45) is 0 Å². The molecule has 94 valence electrons. The summed E-state index contributed by atoms with van der Waals surface area (Å²) in [6, 6.07) is 1.82. The van der Waals surface area contributed by atoms with Crippen molar-refractivity contribution in [1.29, 1.82) is 0 Å². The van der Waals surface area contributed by atoms with Crippen molar-refractivity contribution in [3.8, 4) is 0 Å². The number of nitrogens with one attached hydrogen (secondary N) is 1. The van der Waals surface area contributed by atoms with Crippen molar-refractivity contribution < 1.29 is 4.74 Å². The Morgan fingerprint density at radius 1 is 1.33 bits per heavy atom. The number of nitrogens with zero attached hydrogens (tertiary/aromatic N) is 4. The van der Waals surface area contributed by atoms with Gasteiger partial charge < -0.3 is 14.6 Å². The fourth-order valence-electron chi connectivity index (χ4n) is 2.05.